The van der Waals surface area contributed by atoms with Crippen molar-refractivity contribution in [2.24, 2.45) is 0 Å². The van der Waals surface area contributed by atoms with Gasteiger partial charge in [-0.25, -0.2) is 8.78 Å². The zero-order chi connectivity index (χ0) is 7.14. The summed E-state index contributed by atoms with van der Waals surface area (Å²) >= 11 is 0. The molecule has 2 bridgehead atoms. The summed E-state index contributed by atoms with van der Waals surface area (Å²) in [6.07, 6.45) is -1.49. The number of rotatable bonds is 1. The third kappa shape index (κ3) is 0.828. The van der Waals surface area contributed by atoms with E-state index in [4.69, 9.17) is 4.74 Å². The SMILES string of the molecule is FC(F)C1NCC2CC1O2. The quantitative estimate of drug-likeness (QED) is 0.582. The van der Waals surface area contributed by atoms with Gasteiger partial charge in [0.1, 0.15) is 0 Å². The van der Waals surface area contributed by atoms with E-state index in [-0.39, 0.29) is 12.2 Å². The van der Waals surface area contributed by atoms with Gasteiger partial charge in [-0.3, -0.25) is 0 Å². The van der Waals surface area contributed by atoms with Crippen molar-refractivity contribution in [1.29, 1.82) is 0 Å². The average Bonchev–Trinajstić information content (AvgIpc) is 1.86. The number of nitrogens with one attached hydrogen (secondary N) is 1. The number of hydrogen-bond donors (Lipinski definition) is 1. The lowest BCUT2D eigenvalue weighted by atomic mass is 9.93. The van der Waals surface area contributed by atoms with E-state index in [2.05, 4.69) is 5.32 Å². The van der Waals surface area contributed by atoms with Crippen molar-refractivity contribution in [3.8, 4) is 0 Å². The fraction of sp³-hybridized carbons (Fsp3) is 1.00. The normalized spacial score (nSPS) is 45.3. The van der Waals surface area contributed by atoms with Crippen molar-refractivity contribution >= 4 is 0 Å². The molecule has 3 unspecified atom stereocenters. The maximum Gasteiger partial charge on any atom is 0.256 e. The lowest BCUT2D eigenvalue weighted by Gasteiger charge is -2.46. The van der Waals surface area contributed by atoms with Gasteiger partial charge in [0.2, 0.25) is 0 Å². The van der Waals surface area contributed by atoms with Gasteiger partial charge in [0, 0.05) is 13.0 Å². The van der Waals surface area contributed by atoms with Crippen LogP contribution in [-0.4, -0.2) is 31.2 Å². The van der Waals surface area contributed by atoms with E-state index < -0.39 is 12.5 Å². The Morgan fingerprint density at radius 1 is 1.50 bits per heavy atom. The van der Waals surface area contributed by atoms with Crippen molar-refractivity contribution in [1.82, 2.24) is 5.32 Å². The first kappa shape index (κ1) is 6.49. The Morgan fingerprint density at radius 2 is 2.20 bits per heavy atom. The summed E-state index contributed by atoms with van der Waals surface area (Å²) in [4.78, 5) is 0. The maximum absolute atomic E-state index is 12.1. The summed E-state index contributed by atoms with van der Waals surface area (Å²) < 4.78 is 29.2. The van der Waals surface area contributed by atoms with E-state index in [9.17, 15) is 8.78 Å². The monoisotopic (exact) mass is 149 g/mol. The Bertz CT molecular complexity index is 133. The molecule has 0 aliphatic carbocycles. The molecule has 0 aromatic rings. The van der Waals surface area contributed by atoms with E-state index in [1.165, 1.54) is 0 Å². The van der Waals surface area contributed by atoms with Crippen LogP contribution in [-0.2, 0) is 4.74 Å². The van der Waals surface area contributed by atoms with E-state index in [1.54, 1.807) is 0 Å². The predicted molar refractivity (Wildman–Crippen MR) is 31.1 cm³/mol. The molecule has 3 saturated heterocycles. The van der Waals surface area contributed by atoms with Crippen molar-refractivity contribution in [2.45, 2.75) is 31.1 Å². The molecule has 3 aliphatic rings. The number of fused-ring (bicyclic) bond motifs is 2. The predicted octanol–water partition coefficient (Wildman–Crippen LogP) is 0.381. The molecule has 2 nitrogen and oxygen atoms in total. The van der Waals surface area contributed by atoms with Crippen LogP contribution in [0.15, 0.2) is 0 Å². The van der Waals surface area contributed by atoms with Gasteiger partial charge >= 0.3 is 0 Å². The first-order chi connectivity index (χ1) is 4.77. The summed E-state index contributed by atoms with van der Waals surface area (Å²) in [7, 11) is 0. The Kier molecular flexibility index (Phi) is 1.38. The zero-order valence-electron chi connectivity index (χ0n) is 5.39. The Balaban J connectivity index is 1.96. The van der Waals surface area contributed by atoms with Crippen LogP contribution in [0.5, 0.6) is 0 Å². The number of alkyl halides is 2. The second-order valence-corrected chi connectivity index (χ2v) is 2.80. The van der Waals surface area contributed by atoms with Crippen LogP contribution in [0, 0.1) is 0 Å². The number of hydrogen-bond acceptors (Lipinski definition) is 2. The van der Waals surface area contributed by atoms with Crippen LogP contribution in [0.4, 0.5) is 8.78 Å². The van der Waals surface area contributed by atoms with Crippen molar-refractivity contribution < 1.29 is 13.5 Å². The summed E-state index contributed by atoms with van der Waals surface area (Å²) in [5.74, 6) is 0. The summed E-state index contributed by atoms with van der Waals surface area (Å²) in [6, 6.07) is -0.718. The molecule has 3 fully saturated rings. The minimum atomic E-state index is -2.29. The van der Waals surface area contributed by atoms with Gasteiger partial charge in [-0.1, -0.05) is 0 Å². The number of halogens is 2. The topological polar surface area (TPSA) is 21.3 Å². The first-order valence-corrected chi connectivity index (χ1v) is 3.44. The Labute approximate surface area is 57.5 Å². The molecule has 0 amide bonds. The highest BCUT2D eigenvalue weighted by Crippen LogP contribution is 2.29. The molecule has 3 atom stereocenters. The zero-order valence-corrected chi connectivity index (χ0v) is 5.39. The van der Waals surface area contributed by atoms with Crippen LogP contribution >= 0.6 is 0 Å². The van der Waals surface area contributed by atoms with E-state index in [0.29, 0.717) is 6.54 Å². The number of morpholine rings is 1. The van der Waals surface area contributed by atoms with Gasteiger partial charge in [0.15, 0.2) is 0 Å². The minimum Gasteiger partial charge on any atom is -0.372 e. The molecular weight excluding hydrogens is 140 g/mol. The molecule has 3 rings (SSSR count). The molecule has 0 spiro atoms. The molecule has 10 heavy (non-hydrogen) atoms. The van der Waals surface area contributed by atoms with Crippen molar-refractivity contribution in [2.75, 3.05) is 6.54 Å². The molecule has 58 valence electrons. The molecule has 4 heteroatoms. The second-order valence-electron chi connectivity index (χ2n) is 2.80. The lowest BCUT2D eigenvalue weighted by Crippen LogP contribution is -2.64. The van der Waals surface area contributed by atoms with Crippen LogP contribution < -0.4 is 5.32 Å². The molecule has 3 heterocycles. The molecule has 0 saturated carbocycles. The van der Waals surface area contributed by atoms with Crippen LogP contribution in [0.3, 0.4) is 0 Å². The second kappa shape index (κ2) is 2.13. The summed E-state index contributed by atoms with van der Waals surface area (Å²) in [6.45, 7) is 0.589. The first-order valence-electron chi connectivity index (χ1n) is 3.44. The van der Waals surface area contributed by atoms with E-state index in [0.717, 1.165) is 6.42 Å². The Hall–Kier alpha value is -0.220. The minimum absolute atomic E-state index is 0.208. The van der Waals surface area contributed by atoms with Gasteiger partial charge in [0.25, 0.3) is 6.43 Å². The largest absolute Gasteiger partial charge is 0.372 e. The number of piperidine rings is 1. The van der Waals surface area contributed by atoms with Gasteiger partial charge < -0.3 is 10.1 Å². The third-order valence-electron chi connectivity index (χ3n) is 2.12. The molecule has 0 aromatic carbocycles. The van der Waals surface area contributed by atoms with Gasteiger partial charge in [-0.15, -0.1) is 0 Å². The summed E-state index contributed by atoms with van der Waals surface area (Å²) in [5.41, 5.74) is 0. The maximum atomic E-state index is 12.1. The smallest absolute Gasteiger partial charge is 0.256 e. The van der Waals surface area contributed by atoms with Gasteiger partial charge in [-0.2, -0.15) is 0 Å². The highest BCUT2D eigenvalue weighted by Gasteiger charge is 2.44. The van der Waals surface area contributed by atoms with Crippen LogP contribution in [0.1, 0.15) is 6.42 Å². The average molecular weight is 149 g/mol. The van der Waals surface area contributed by atoms with Crippen LogP contribution in [0.2, 0.25) is 0 Å². The van der Waals surface area contributed by atoms with Crippen molar-refractivity contribution in [3.05, 3.63) is 0 Å². The van der Waals surface area contributed by atoms with E-state index >= 15 is 0 Å². The highest BCUT2D eigenvalue weighted by molar-refractivity contribution is 4.95. The number of ether oxygens (including phenoxy) is 1. The van der Waals surface area contributed by atoms with Gasteiger partial charge in [-0.05, 0) is 0 Å². The highest BCUT2D eigenvalue weighted by atomic mass is 19.3. The van der Waals surface area contributed by atoms with Gasteiger partial charge in [0.05, 0.1) is 18.2 Å². The van der Waals surface area contributed by atoms with Crippen molar-refractivity contribution in [3.63, 3.8) is 0 Å². The molecule has 3 aliphatic heterocycles. The molecule has 0 radical (unpaired) electrons. The van der Waals surface area contributed by atoms with Crippen LogP contribution in [0.25, 0.3) is 0 Å². The molecular formula is C6H9F2NO. The standard InChI is InChI=1S/C6H9F2NO/c7-6(8)5-4-1-3(10-4)2-9-5/h3-6,9H,1-2H2. The fourth-order valence-electron chi connectivity index (χ4n) is 1.51. The third-order valence-corrected chi connectivity index (χ3v) is 2.12. The molecule has 0 aromatic heterocycles. The lowest BCUT2D eigenvalue weighted by molar-refractivity contribution is -0.186. The fourth-order valence-corrected chi connectivity index (χ4v) is 1.51. The summed E-state index contributed by atoms with van der Waals surface area (Å²) in [5, 5.41) is 2.74. The molecule has 1 N–H and O–H groups in total. The Morgan fingerprint density at radius 3 is 2.50 bits per heavy atom. The van der Waals surface area contributed by atoms with E-state index in [1.807, 2.05) is 0 Å².